The van der Waals surface area contributed by atoms with Gasteiger partial charge in [-0.1, -0.05) is 49.4 Å². The lowest BCUT2D eigenvalue weighted by Gasteiger charge is -2.29. The first-order chi connectivity index (χ1) is 10.9. The van der Waals surface area contributed by atoms with Crippen LogP contribution in [0.3, 0.4) is 0 Å². The molecule has 0 aliphatic carbocycles. The highest BCUT2D eigenvalue weighted by molar-refractivity contribution is 7.92. The topological polar surface area (TPSA) is 80.7 Å². The van der Waals surface area contributed by atoms with E-state index in [4.69, 9.17) is 4.74 Å². The Morgan fingerprint density at radius 2 is 2.04 bits per heavy atom. The number of aliphatic hydroxyl groups is 1. The van der Waals surface area contributed by atoms with Crippen molar-refractivity contribution in [1.29, 1.82) is 0 Å². The number of benzene rings is 1. The van der Waals surface area contributed by atoms with Crippen LogP contribution in [0.15, 0.2) is 36.4 Å². The standard InChI is InChI=1S/C17H22O5S/c1-2-17(19)23(20,21)15(14-9-6-10-16(18)22-14)12-11-13-7-4-3-5-8-13/h3-5,7-8,11-12,14-15,17,19H,2,6,9-10H2,1H3/b12-11+. The average molecular weight is 338 g/mol. The number of carbonyl (C=O) groups is 1. The monoisotopic (exact) mass is 338 g/mol. The SMILES string of the molecule is CCC(O)S(=O)(=O)C(/C=C/c1ccccc1)C1CCCC(=O)O1. The van der Waals surface area contributed by atoms with Crippen LogP contribution in [0.4, 0.5) is 0 Å². The molecule has 0 saturated carbocycles. The molecule has 0 radical (unpaired) electrons. The van der Waals surface area contributed by atoms with Gasteiger partial charge in [0.25, 0.3) is 0 Å². The van der Waals surface area contributed by atoms with Gasteiger partial charge in [0.1, 0.15) is 11.4 Å². The molecule has 0 bridgehead atoms. The molecule has 1 aromatic carbocycles. The Morgan fingerprint density at radius 1 is 1.35 bits per heavy atom. The number of ether oxygens (including phenoxy) is 1. The highest BCUT2D eigenvalue weighted by atomic mass is 32.2. The molecule has 1 heterocycles. The van der Waals surface area contributed by atoms with Crippen molar-refractivity contribution in [3.8, 4) is 0 Å². The molecule has 23 heavy (non-hydrogen) atoms. The first-order valence-corrected chi connectivity index (χ1v) is 9.39. The number of esters is 1. The van der Waals surface area contributed by atoms with Crippen molar-refractivity contribution in [2.45, 2.75) is 49.4 Å². The van der Waals surface area contributed by atoms with E-state index in [-0.39, 0.29) is 12.4 Å². The van der Waals surface area contributed by atoms with Crippen LogP contribution in [0.1, 0.15) is 38.2 Å². The van der Waals surface area contributed by atoms with E-state index in [1.54, 1.807) is 13.0 Å². The lowest BCUT2D eigenvalue weighted by Crippen LogP contribution is -2.42. The molecule has 1 fully saturated rings. The Labute approximate surface area is 136 Å². The Morgan fingerprint density at radius 3 is 2.65 bits per heavy atom. The summed E-state index contributed by atoms with van der Waals surface area (Å²) in [5.74, 6) is -0.388. The third-order valence-corrected chi connectivity index (χ3v) is 6.22. The van der Waals surface area contributed by atoms with Crippen molar-refractivity contribution < 1.29 is 23.1 Å². The maximum absolute atomic E-state index is 12.6. The van der Waals surface area contributed by atoms with Crippen LogP contribution in [-0.2, 0) is 19.4 Å². The van der Waals surface area contributed by atoms with Gasteiger partial charge < -0.3 is 9.84 Å². The lowest BCUT2D eigenvalue weighted by molar-refractivity contribution is -0.153. The summed E-state index contributed by atoms with van der Waals surface area (Å²) in [6.07, 6.45) is 3.94. The second kappa shape index (κ2) is 7.75. The van der Waals surface area contributed by atoms with Crippen LogP contribution in [-0.4, -0.2) is 36.3 Å². The van der Waals surface area contributed by atoms with E-state index in [1.165, 1.54) is 6.08 Å². The van der Waals surface area contributed by atoms with Gasteiger partial charge >= 0.3 is 5.97 Å². The molecule has 2 rings (SSSR count). The van der Waals surface area contributed by atoms with Gasteiger partial charge in [-0.2, -0.15) is 0 Å². The molecule has 3 atom stereocenters. The molecule has 0 aromatic heterocycles. The van der Waals surface area contributed by atoms with Gasteiger partial charge in [-0.05, 0) is 24.8 Å². The molecule has 1 aliphatic heterocycles. The number of hydrogen-bond acceptors (Lipinski definition) is 5. The summed E-state index contributed by atoms with van der Waals surface area (Å²) < 4.78 is 30.4. The third-order valence-electron chi connectivity index (χ3n) is 3.90. The minimum Gasteiger partial charge on any atom is -0.461 e. The Bertz CT molecular complexity index is 651. The van der Waals surface area contributed by atoms with E-state index in [9.17, 15) is 18.3 Å². The van der Waals surface area contributed by atoms with Crippen LogP contribution in [0, 0.1) is 0 Å². The van der Waals surface area contributed by atoms with Crippen LogP contribution in [0.25, 0.3) is 6.08 Å². The quantitative estimate of drug-likeness (QED) is 0.805. The Balaban J connectivity index is 2.31. The van der Waals surface area contributed by atoms with Gasteiger partial charge in [-0.3, -0.25) is 4.79 Å². The average Bonchev–Trinajstić information content (AvgIpc) is 2.55. The maximum atomic E-state index is 12.6. The Hall–Kier alpha value is -1.66. The van der Waals surface area contributed by atoms with Crippen LogP contribution in [0.5, 0.6) is 0 Å². The van der Waals surface area contributed by atoms with Crippen molar-refractivity contribution in [2.75, 3.05) is 0 Å². The van der Waals surface area contributed by atoms with E-state index >= 15 is 0 Å². The molecule has 3 unspecified atom stereocenters. The fraction of sp³-hybridized carbons (Fsp3) is 0.471. The molecule has 126 valence electrons. The summed E-state index contributed by atoms with van der Waals surface area (Å²) in [4.78, 5) is 11.5. The highest BCUT2D eigenvalue weighted by Gasteiger charge is 2.39. The largest absolute Gasteiger partial charge is 0.461 e. The molecule has 0 spiro atoms. The van der Waals surface area contributed by atoms with Gasteiger partial charge in [0, 0.05) is 6.42 Å². The minimum absolute atomic E-state index is 0.0959. The predicted octanol–water partition coefficient (Wildman–Crippen LogP) is 2.31. The number of carbonyl (C=O) groups excluding carboxylic acids is 1. The van der Waals surface area contributed by atoms with Crippen molar-refractivity contribution >= 4 is 21.9 Å². The predicted molar refractivity (Wildman–Crippen MR) is 88.2 cm³/mol. The van der Waals surface area contributed by atoms with Crippen molar-refractivity contribution in [1.82, 2.24) is 0 Å². The van der Waals surface area contributed by atoms with E-state index < -0.39 is 26.6 Å². The van der Waals surface area contributed by atoms with Crippen molar-refractivity contribution in [2.24, 2.45) is 0 Å². The van der Waals surface area contributed by atoms with Gasteiger partial charge in [0.15, 0.2) is 15.3 Å². The summed E-state index contributed by atoms with van der Waals surface area (Å²) in [7, 11) is -3.85. The number of hydrogen-bond donors (Lipinski definition) is 1. The summed E-state index contributed by atoms with van der Waals surface area (Å²) in [6, 6.07) is 9.28. The second-order valence-corrected chi connectivity index (χ2v) is 7.87. The van der Waals surface area contributed by atoms with Gasteiger partial charge in [-0.25, -0.2) is 8.42 Å². The lowest BCUT2D eigenvalue weighted by atomic mass is 10.0. The number of cyclic esters (lactones) is 1. The molecular formula is C17H22O5S. The fourth-order valence-corrected chi connectivity index (χ4v) is 4.33. The highest BCUT2D eigenvalue weighted by Crippen LogP contribution is 2.26. The molecule has 6 heteroatoms. The molecular weight excluding hydrogens is 316 g/mol. The van der Waals surface area contributed by atoms with E-state index in [1.807, 2.05) is 30.3 Å². The first-order valence-electron chi connectivity index (χ1n) is 7.78. The molecule has 5 nitrogen and oxygen atoms in total. The van der Waals surface area contributed by atoms with Gasteiger partial charge in [0.05, 0.1) is 0 Å². The summed E-state index contributed by atoms with van der Waals surface area (Å²) in [5, 5.41) is 8.85. The van der Waals surface area contributed by atoms with Crippen molar-refractivity contribution in [3.05, 3.63) is 42.0 Å². The number of aliphatic hydroxyl groups excluding tert-OH is 1. The minimum atomic E-state index is -3.85. The summed E-state index contributed by atoms with van der Waals surface area (Å²) >= 11 is 0. The van der Waals surface area contributed by atoms with E-state index in [0.717, 1.165) is 5.56 Å². The molecule has 1 N–H and O–H groups in total. The zero-order valence-corrected chi connectivity index (χ0v) is 13.9. The Kier molecular flexibility index (Phi) is 5.96. The number of rotatable bonds is 6. The van der Waals surface area contributed by atoms with Gasteiger partial charge in [-0.15, -0.1) is 0 Å². The van der Waals surface area contributed by atoms with Gasteiger partial charge in [0.2, 0.25) is 0 Å². The maximum Gasteiger partial charge on any atom is 0.306 e. The number of sulfone groups is 1. The second-order valence-electron chi connectivity index (χ2n) is 5.61. The molecule has 1 aliphatic rings. The molecule has 1 aromatic rings. The van der Waals surface area contributed by atoms with Crippen LogP contribution < -0.4 is 0 Å². The summed E-state index contributed by atoms with van der Waals surface area (Å²) in [5.41, 5.74) is -0.616. The fourth-order valence-electron chi connectivity index (χ4n) is 2.59. The smallest absolute Gasteiger partial charge is 0.306 e. The molecule has 0 amide bonds. The zero-order chi connectivity index (χ0) is 16.9. The van der Waals surface area contributed by atoms with Crippen LogP contribution in [0.2, 0.25) is 0 Å². The molecule has 1 saturated heterocycles. The summed E-state index contributed by atoms with van der Waals surface area (Å²) in [6.45, 7) is 1.60. The normalized spacial score (nSPS) is 21.8. The zero-order valence-electron chi connectivity index (χ0n) is 13.1. The first kappa shape index (κ1) is 17.7. The van der Waals surface area contributed by atoms with Crippen molar-refractivity contribution in [3.63, 3.8) is 0 Å². The third kappa shape index (κ3) is 4.42. The van der Waals surface area contributed by atoms with E-state index in [2.05, 4.69) is 0 Å². The van der Waals surface area contributed by atoms with E-state index in [0.29, 0.717) is 19.3 Å². The van der Waals surface area contributed by atoms with Crippen LogP contribution >= 0.6 is 0 Å².